The molecule has 1 amide bonds. The highest BCUT2D eigenvalue weighted by Gasteiger charge is 2.42. The quantitative estimate of drug-likeness (QED) is 0.784. The van der Waals surface area contributed by atoms with Crippen LogP contribution in [0.5, 0.6) is 0 Å². The first-order valence-electron chi connectivity index (χ1n) is 8.34. The number of benzene rings is 2. The molecule has 134 valence electrons. The van der Waals surface area contributed by atoms with Crippen LogP contribution in [-0.4, -0.2) is 16.7 Å². The summed E-state index contributed by atoms with van der Waals surface area (Å²) >= 11 is 0. The highest BCUT2D eigenvalue weighted by molar-refractivity contribution is 5.85. The van der Waals surface area contributed by atoms with E-state index in [0.29, 0.717) is 34.5 Å². The van der Waals surface area contributed by atoms with Gasteiger partial charge in [-0.05, 0) is 47.7 Å². The third kappa shape index (κ3) is 2.63. The Morgan fingerprint density at radius 1 is 1.12 bits per heavy atom. The zero-order chi connectivity index (χ0) is 18.6. The number of hydrogen-bond acceptors (Lipinski definition) is 3. The minimum atomic E-state index is -4.40. The molecule has 2 heterocycles. The number of carbonyl (C=O) groups is 1. The molecular weight excluding hydrogens is 345 g/mol. The van der Waals surface area contributed by atoms with Crippen molar-refractivity contribution in [3.05, 3.63) is 57.5 Å². The van der Waals surface area contributed by atoms with Crippen molar-refractivity contribution in [1.29, 1.82) is 0 Å². The number of nitrogens with one attached hydrogen (secondary N) is 1. The SMILES string of the molecule is CC1Cc2c(c(-c3ccc(C(F)(F)F)cc3)cc3c2CC(=O)[N+]3=O)CN1. The summed E-state index contributed by atoms with van der Waals surface area (Å²) in [6.45, 7) is 2.57. The van der Waals surface area contributed by atoms with Gasteiger partial charge in [-0.2, -0.15) is 13.2 Å². The van der Waals surface area contributed by atoms with E-state index < -0.39 is 17.6 Å². The molecular formula is C19H16F3N2O2+. The lowest BCUT2D eigenvalue weighted by atomic mass is 9.85. The summed E-state index contributed by atoms with van der Waals surface area (Å²) in [6, 6.07) is 6.72. The van der Waals surface area contributed by atoms with Crippen LogP contribution in [0, 0.1) is 4.91 Å². The highest BCUT2D eigenvalue weighted by Crippen LogP contribution is 2.41. The van der Waals surface area contributed by atoms with Crippen LogP contribution in [-0.2, 0) is 30.4 Å². The van der Waals surface area contributed by atoms with Gasteiger partial charge in [-0.15, -0.1) is 0 Å². The Morgan fingerprint density at radius 2 is 1.81 bits per heavy atom. The fourth-order valence-corrected chi connectivity index (χ4v) is 3.75. The lowest BCUT2D eigenvalue weighted by Gasteiger charge is -2.26. The first-order valence-corrected chi connectivity index (χ1v) is 8.34. The van der Waals surface area contributed by atoms with Crippen molar-refractivity contribution < 1.29 is 22.7 Å². The van der Waals surface area contributed by atoms with Gasteiger partial charge in [0.1, 0.15) is 11.2 Å². The van der Waals surface area contributed by atoms with Crippen molar-refractivity contribution in [2.75, 3.05) is 0 Å². The van der Waals surface area contributed by atoms with Crippen molar-refractivity contribution >= 4 is 11.6 Å². The summed E-state index contributed by atoms with van der Waals surface area (Å²) < 4.78 is 38.8. The van der Waals surface area contributed by atoms with Crippen LogP contribution in [0.1, 0.15) is 29.2 Å². The molecule has 1 unspecified atom stereocenters. The number of amides is 1. The molecule has 0 aromatic heterocycles. The lowest BCUT2D eigenvalue weighted by Crippen LogP contribution is -2.33. The number of nitroso groups, excluding NO2 is 1. The second-order valence-electron chi connectivity index (χ2n) is 6.80. The number of rotatable bonds is 1. The average Bonchev–Trinajstić information content (AvgIpc) is 2.88. The number of halogens is 3. The van der Waals surface area contributed by atoms with Gasteiger partial charge < -0.3 is 5.32 Å². The van der Waals surface area contributed by atoms with E-state index in [1.807, 2.05) is 6.92 Å². The molecule has 2 aromatic rings. The van der Waals surface area contributed by atoms with Gasteiger partial charge in [-0.3, -0.25) is 0 Å². The summed E-state index contributed by atoms with van der Waals surface area (Å²) in [5.74, 6) is -0.502. The van der Waals surface area contributed by atoms with Gasteiger partial charge in [0.2, 0.25) is 0 Å². The molecule has 1 atom stereocenters. The average molecular weight is 361 g/mol. The van der Waals surface area contributed by atoms with E-state index in [9.17, 15) is 22.9 Å². The third-order valence-corrected chi connectivity index (χ3v) is 5.08. The Labute approximate surface area is 147 Å². The second-order valence-corrected chi connectivity index (χ2v) is 6.80. The van der Waals surface area contributed by atoms with Crippen molar-refractivity contribution in [3.63, 3.8) is 0 Å². The maximum atomic E-state index is 12.8. The molecule has 7 heteroatoms. The first-order chi connectivity index (χ1) is 12.3. The summed E-state index contributed by atoms with van der Waals surface area (Å²) in [7, 11) is 0. The molecule has 2 aliphatic rings. The maximum Gasteiger partial charge on any atom is 0.444 e. The van der Waals surface area contributed by atoms with Gasteiger partial charge in [-0.1, -0.05) is 12.1 Å². The summed E-state index contributed by atoms with van der Waals surface area (Å²) in [5, 5.41) is 3.34. The van der Waals surface area contributed by atoms with Gasteiger partial charge in [0, 0.05) is 29.1 Å². The second kappa shape index (κ2) is 5.74. The fraction of sp³-hybridized carbons (Fsp3) is 0.316. The topological polar surface area (TPSA) is 49.2 Å². The van der Waals surface area contributed by atoms with E-state index in [-0.39, 0.29) is 12.5 Å². The van der Waals surface area contributed by atoms with E-state index >= 15 is 0 Å². The minimum Gasteiger partial charge on any atom is -0.310 e. The van der Waals surface area contributed by atoms with Crippen LogP contribution < -0.4 is 5.32 Å². The van der Waals surface area contributed by atoms with Crippen LogP contribution in [0.15, 0.2) is 30.3 Å². The fourth-order valence-electron chi connectivity index (χ4n) is 3.75. The normalized spacial score (nSPS) is 19.5. The van der Waals surface area contributed by atoms with Crippen LogP contribution in [0.25, 0.3) is 11.1 Å². The van der Waals surface area contributed by atoms with Gasteiger partial charge >= 0.3 is 12.1 Å². The molecule has 2 aromatic carbocycles. The number of hydrogen-bond donors (Lipinski definition) is 1. The smallest absolute Gasteiger partial charge is 0.310 e. The number of fused-ring (bicyclic) bond motifs is 3. The van der Waals surface area contributed by atoms with Crippen molar-refractivity contribution in [2.45, 2.75) is 38.5 Å². The molecule has 0 aliphatic carbocycles. The molecule has 0 radical (unpaired) electrons. The summed E-state index contributed by atoms with van der Waals surface area (Å²) in [5.41, 5.74) is 3.56. The Hall–Kier alpha value is -2.54. The van der Waals surface area contributed by atoms with Crippen LogP contribution in [0.4, 0.5) is 18.9 Å². The van der Waals surface area contributed by atoms with E-state index in [1.54, 1.807) is 6.07 Å². The van der Waals surface area contributed by atoms with E-state index in [2.05, 4.69) is 5.32 Å². The minimum absolute atomic E-state index is 0.0845. The standard InChI is InChI=1S/C19H16F3N2O2/c1-10-6-14-15-8-18(25)24(26)17(15)7-13(16(14)9-23-10)11-2-4-12(5-3-11)19(20,21)22/h2-5,7,10,23H,6,8-9H2,1H3/q+1. The van der Waals surface area contributed by atoms with Crippen LogP contribution >= 0.6 is 0 Å². The maximum absolute atomic E-state index is 12.8. The third-order valence-electron chi connectivity index (χ3n) is 5.08. The van der Waals surface area contributed by atoms with Crippen molar-refractivity contribution in [1.82, 2.24) is 5.32 Å². The van der Waals surface area contributed by atoms with Gasteiger partial charge in [0.25, 0.3) is 5.69 Å². The monoisotopic (exact) mass is 361 g/mol. The molecule has 0 spiro atoms. The van der Waals surface area contributed by atoms with Gasteiger partial charge in [-0.25, -0.2) is 4.79 Å². The molecule has 26 heavy (non-hydrogen) atoms. The largest absolute Gasteiger partial charge is 0.444 e. The van der Waals surface area contributed by atoms with E-state index in [1.165, 1.54) is 12.1 Å². The predicted octanol–water partition coefficient (Wildman–Crippen LogP) is 3.90. The van der Waals surface area contributed by atoms with Gasteiger partial charge in [0.15, 0.2) is 0 Å². The lowest BCUT2D eigenvalue weighted by molar-refractivity contribution is -0.379. The van der Waals surface area contributed by atoms with Crippen LogP contribution in [0.2, 0.25) is 0 Å². The Kier molecular flexibility index (Phi) is 3.73. The summed E-state index contributed by atoms with van der Waals surface area (Å²) in [4.78, 5) is 24.0. The van der Waals surface area contributed by atoms with Crippen LogP contribution in [0.3, 0.4) is 0 Å². The zero-order valence-corrected chi connectivity index (χ0v) is 14.0. The predicted molar refractivity (Wildman–Crippen MR) is 88.9 cm³/mol. The molecule has 1 N–H and O–H groups in total. The zero-order valence-electron chi connectivity index (χ0n) is 14.0. The number of carbonyl (C=O) groups excluding carboxylic acids is 1. The van der Waals surface area contributed by atoms with Gasteiger partial charge in [0.05, 0.1) is 5.56 Å². The molecule has 0 saturated carbocycles. The number of nitrogens with zero attached hydrogens (tertiary/aromatic N) is 1. The molecule has 0 saturated heterocycles. The molecule has 0 fully saturated rings. The molecule has 4 nitrogen and oxygen atoms in total. The summed E-state index contributed by atoms with van der Waals surface area (Å²) in [6.07, 6.45) is -3.64. The molecule has 4 rings (SSSR count). The van der Waals surface area contributed by atoms with Crippen molar-refractivity contribution in [2.24, 2.45) is 0 Å². The highest BCUT2D eigenvalue weighted by atomic mass is 19.4. The Balaban J connectivity index is 1.89. The molecule has 2 aliphatic heterocycles. The Morgan fingerprint density at radius 3 is 2.46 bits per heavy atom. The van der Waals surface area contributed by atoms with E-state index in [4.69, 9.17) is 0 Å². The van der Waals surface area contributed by atoms with Crippen molar-refractivity contribution in [3.8, 4) is 11.1 Å². The number of alkyl halides is 3. The van der Waals surface area contributed by atoms with E-state index in [0.717, 1.165) is 28.8 Å². The molecule has 0 bridgehead atoms. The first kappa shape index (κ1) is 16.9. The Bertz CT molecular complexity index is 933.